The fourth-order valence-electron chi connectivity index (χ4n) is 0.274. The molecule has 3 N–H and O–H groups in total. The number of carbonyl (C=O) groups is 1. The Labute approximate surface area is 58.3 Å². The van der Waals surface area contributed by atoms with Crippen molar-refractivity contribution in [1.29, 1.82) is 0 Å². The van der Waals surface area contributed by atoms with Gasteiger partial charge in [-0.25, -0.2) is 9.63 Å². The third-order valence-electron chi connectivity index (χ3n) is 0.644. The van der Waals surface area contributed by atoms with E-state index in [1.165, 1.54) is 0 Å². The lowest BCUT2D eigenvalue weighted by molar-refractivity contribution is 0.189. The average molecular weight is 153 g/mol. The zero-order chi connectivity index (χ0) is 7.28. The van der Waals surface area contributed by atoms with Crippen molar-refractivity contribution in [3.05, 3.63) is 0 Å². The first kappa shape index (κ1) is 8.52. The van der Waals surface area contributed by atoms with Crippen LogP contribution in [0, 0.1) is 0 Å². The van der Waals surface area contributed by atoms with Gasteiger partial charge in [-0.15, -0.1) is 0 Å². The van der Waals surface area contributed by atoms with E-state index in [1.54, 1.807) is 6.92 Å². The van der Waals surface area contributed by atoms with Gasteiger partial charge in [0, 0.05) is 18.3 Å². The Balaban J connectivity index is 3.17. The Morgan fingerprint density at radius 2 is 2.44 bits per heavy atom. The van der Waals surface area contributed by atoms with E-state index in [9.17, 15) is 4.79 Å². The van der Waals surface area contributed by atoms with Crippen molar-refractivity contribution >= 4 is 17.8 Å². The highest BCUT2D eigenvalue weighted by molar-refractivity contribution is 6.21. The van der Waals surface area contributed by atoms with Crippen LogP contribution in [0.1, 0.15) is 6.92 Å². The molecule has 0 bridgehead atoms. The predicted molar refractivity (Wildman–Crippen MR) is 34.1 cm³/mol. The van der Waals surface area contributed by atoms with Crippen LogP contribution < -0.4 is 10.2 Å². The molecule has 1 atom stereocenters. The van der Waals surface area contributed by atoms with Crippen LogP contribution in [0.15, 0.2) is 0 Å². The van der Waals surface area contributed by atoms with Crippen molar-refractivity contribution in [2.45, 2.75) is 13.0 Å². The van der Waals surface area contributed by atoms with Crippen molar-refractivity contribution in [3.8, 4) is 0 Å². The molecule has 0 fully saturated rings. The SMILES string of the molecule is CC(O)CNC(=O)NCl. The minimum absolute atomic E-state index is 0.207. The molecule has 4 nitrogen and oxygen atoms in total. The van der Waals surface area contributed by atoms with E-state index < -0.39 is 12.1 Å². The standard InChI is InChI=1S/C4H9ClN2O2/c1-3(8)2-6-4(9)7-5/h3,8H,2H2,1H3,(H2,6,7,9). The maximum Gasteiger partial charge on any atom is 0.329 e. The Bertz CT molecular complexity index is 96.6. The summed E-state index contributed by atoms with van der Waals surface area (Å²) in [6.45, 7) is 1.77. The average Bonchev–Trinajstić information content (AvgIpc) is 1.83. The van der Waals surface area contributed by atoms with Gasteiger partial charge in [-0.1, -0.05) is 0 Å². The van der Waals surface area contributed by atoms with E-state index in [-0.39, 0.29) is 6.54 Å². The minimum atomic E-state index is -0.543. The molecular weight excluding hydrogens is 144 g/mol. The second-order valence-electron chi connectivity index (χ2n) is 1.65. The molecule has 0 aromatic rings. The molecule has 5 heteroatoms. The summed E-state index contributed by atoms with van der Waals surface area (Å²) < 4.78 is 0. The topological polar surface area (TPSA) is 61.4 Å². The minimum Gasteiger partial charge on any atom is -0.392 e. The number of halogens is 1. The normalized spacial score (nSPS) is 12.3. The summed E-state index contributed by atoms with van der Waals surface area (Å²) in [5, 5.41) is 10.9. The van der Waals surface area contributed by atoms with Crippen LogP contribution in [0.3, 0.4) is 0 Å². The molecule has 0 aromatic carbocycles. The van der Waals surface area contributed by atoms with Crippen LogP contribution in [0.5, 0.6) is 0 Å². The molecule has 0 spiro atoms. The molecule has 2 amide bonds. The third-order valence-corrected chi connectivity index (χ3v) is 0.815. The summed E-state index contributed by atoms with van der Waals surface area (Å²) >= 11 is 4.89. The van der Waals surface area contributed by atoms with Gasteiger partial charge in [-0.3, -0.25) is 0 Å². The van der Waals surface area contributed by atoms with Crippen LogP contribution in [-0.4, -0.2) is 23.8 Å². The zero-order valence-corrected chi connectivity index (χ0v) is 5.77. The van der Waals surface area contributed by atoms with Crippen LogP contribution >= 0.6 is 11.8 Å². The third kappa shape index (κ3) is 5.39. The van der Waals surface area contributed by atoms with Crippen LogP contribution in [-0.2, 0) is 0 Å². The Hall–Kier alpha value is -0.480. The molecule has 1 unspecified atom stereocenters. The number of amides is 2. The summed E-state index contributed by atoms with van der Waals surface area (Å²) in [6.07, 6.45) is -0.543. The Morgan fingerprint density at radius 3 is 2.78 bits per heavy atom. The van der Waals surface area contributed by atoms with Gasteiger partial charge in [0.25, 0.3) is 0 Å². The number of hydrogen-bond donors (Lipinski definition) is 3. The van der Waals surface area contributed by atoms with E-state index in [0.717, 1.165) is 0 Å². The van der Waals surface area contributed by atoms with Crippen molar-refractivity contribution < 1.29 is 9.90 Å². The zero-order valence-electron chi connectivity index (χ0n) is 5.02. The molecule has 0 aliphatic rings. The predicted octanol–water partition coefficient (Wildman–Crippen LogP) is -0.180. The van der Waals surface area contributed by atoms with Gasteiger partial charge >= 0.3 is 6.03 Å². The maximum absolute atomic E-state index is 10.3. The van der Waals surface area contributed by atoms with Crippen LogP contribution in [0.4, 0.5) is 4.79 Å². The van der Waals surface area contributed by atoms with E-state index in [1.807, 2.05) is 4.84 Å². The second kappa shape index (κ2) is 4.40. The van der Waals surface area contributed by atoms with Gasteiger partial charge in [0.15, 0.2) is 0 Å². The molecule has 0 heterocycles. The number of nitrogens with one attached hydrogen (secondary N) is 2. The summed E-state index contributed by atoms with van der Waals surface area (Å²) in [5.41, 5.74) is 0. The molecule has 54 valence electrons. The number of aliphatic hydroxyl groups is 1. The fraction of sp³-hybridized carbons (Fsp3) is 0.750. The van der Waals surface area contributed by atoms with Gasteiger partial charge < -0.3 is 10.4 Å². The number of rotatable bonds is 2. The summed E-state index contributed by atoms with van der Waals surface area (Å²) in [5.74, 6) is 0. The smallest absolute Gasteiger partial charge is 0.329 e. The first-order valence-electron chi connectivity index (χ1n) is 2.49. The number of hydrogen-bond acceptors (Lipinski definition) is 2. The number of carbonyl (C=O) groups excluding carboxylic acids is 1. The number of aliphatic hydroxyl groups excluding tert-OH is 1. The maximum atomic E-state index is 10.3. The molecule has 0 rings (SSSR count). The lowest BCUT2D eigenvalue weighted by Gasteiger charge is -2.03. The fourth-order valence-corrected chi connectivity index (χ4v) is 0.341. The highest BCUT2D eigenvalue weighted by Crippen LogP contribution is 1.74. The summed E-state index contributed by atoms with van der Waals surface area (Å²) in [4.78, 5) is 12.1. The van der Waals surface area contributed by atoms with Gasteiger partial charge in [0.1, 0.15) is 0 Å². The molecule has 0 saturated carbocycles. The molecule has 0 saturated heterocycles. The highest BCUT2D eigenvalue weighted by atomic mass is 35.5. The molecule has 0 aliphatic carbocycles. The van der Waals surface area contributed by atoms with Crippen molar-refractivity contribution in [2.24, 2.45) is 0 Å². The van der Waals surface area contributed by atoms with Gasteiger partial charge in [-0.2, -0.15) is 0 Å². The molecular formula is C4H9ClN2O2. The number of urea groups is 1. The quantitative estimate of drug-likeness (QED) is 0.481. The Morgan fingerprint density at radius 1 is 1.89 bits per heavy atom. The first-order chi connectivity index (χ1) is 4.16. The van der Waals surface area contributed by atoms with E-state index in [2.05, 4.69) is 5.32 Å². The van der Waals surface area contributed by atoms with Crippen molar-refractivity contribution in [2.75, 3.05) is 6.54 Å². The van der Waals surface area contributed by atoms with Crippen molar-refractivity contribution in [1.82, 2.24) is 10.2 Å². The lowest BCUT2D eigenvalue weighted by atomic mass is 10.4. The highest BCUT2D eigenvalue weighted by Gasteiger charge is 1.98. The monoisotopic (exact) mass is 152 g/mol. The van der Waals surface area contributed by atoms with Gasteiger partial charge in [-0.05, 0) is 6.92 Å². The molecule has 0 radical (unpaired) electrons. The first-order valence-corrected chi connectivity index (χ1v) is 2.87. The van der Waals surface area contributed by atoms with Crippen LogP contribution in [0.25, 0.3) is 0 Å². The van der Waals surface area contributed by atoms with E-state index in [0.29, 0.717) is 0 Å². The molecule has 0 aliphatic heterocycles. The van der Waals surface area contributed by atoms with Gasteiger partial charge in [0.05, 0.1) is 6.10 Å². The summed E-state index contributed by atoms with van der Waals surface area (Å²) in [7, 11) is 0. The molecule has 9 heavy (non-hydrogen) atoms. The van der Waals surface area contributed by atoms with Crippen molar-refractivity contribution in [3.63, 3.8) is 0 Å². The van der Waals surface area contributed by atoms with Crippen LogP contribution in [0.2, 0.25) is 0 Å². The van der Waals surface area contributed by atoms with Gasteiger partial charge in [0.2, 0.25) is 0 Å². The summed E-state index contributed by atoms with van der Waals surface area (Å²) in [6, 6.07) is -0.502. The van der Waals surface area contributed by atoms with E-state index in [4.69, 9.17) is 16.9 Å². The second-order valence-corrected chi connectivity index (χ2v) is 1.84. The lowest BCUT2D eigenvalue weighted by Crippen LogP contribution is -2.34. The van der Waals surface area contributed by atoms with E-state index >= 15 is 0 Å². The largest absolute Gasteiger partial charge is 0.392 e. The molecule has 0 aromatic heterocycles. The Kier molecular flexibility index (Phi) is 4.17.